The number of likely N-dealkylation sites (N-methyl/N-ethyl adjacent to an activating group) is 1. The minimum Gasteiger partial charge on any atom is -0.464 e. The topological polar surface area (TPSA) is 79.4 Å². The third kappa shape index (κ3) is 3.92. The Hall–Kier alpha value is -2.30. The van der Waals surface area contributed by atoms with Gasteiger partial charge in [0.05, 0.1) is 23.7 Å². The van der Waals surface area contributed by atoms with Crippen LogP contribution in [-0.4, -0.2) is 41.3 Å². The van der Waals surface area contributed by atoms with Gasteiger partial charge in [-0.05, 0) is 33.0 Å². The molecule has 7 heteroatoms. The highest BCUT2D eigenvalue weighted by Crippen LogP contribution is 2.37. The molecule has 2 aromatic rings. The molecule has 0 spiro atoms. The molecule has 1 aliphatic heterocycles. The summed E-state index contributed by atoms with van der Waals surface area (Å²) in [6.45, 7) is 5.24. The van der Waals surface area contributed by atoms with Gasteiger partial charge in [-0.25, -0.2) is 4.98 Å². The van der Waals surface area contributed by atoms with Crippen LogP contribution >= 0.6 is 11.8 Å². The van der Waals surface area contributed by atoms with Gasteiger partial charge in [-0.15, -0.1) is 0 Å². The summed E-state index contributed by atoms with van der Waals surface area (Å²) in [6, 6.07) is 5.93. The summed E-state index contributed by atoms with van der Waals surface area (Å²) in [7, 11) is 2.05. The monoisotopic (exact) mass is 371 g/mol. The number of carbonyl (C=O) groups excluding carboxylic acids is 1. The third-order valence-electron chi connectivity index (χ3n) is 4.08. The van der Waals surface area contributed by atoms with Crippen molar-refractivity contribution < 1.29 is 13.9 Å². The molecule has 0 amide bonds. The molecule has 26 heavy (non-hydrogen) atoms. The molecule has 0 saturated heterocycles. The molecule has 136 valence electrons. The Kier molecular flexibility index (Phi) is 5.64. The Bertz CT molecular complexity index is 841. The molecule has 0 bridgehead atoms. The Morgan fingerprint density at radius 2 is 2.35 bits per heavy atom. The van der Waals surface area contributed by atoms with E-state index in [1.165, 1.54) is 11.8 Å². The van der Waals surface area contributed by atoms with Gasteiger partial charge in [-0.3, -0.25) is 4.79 Å². The molecule has 0 unspecified atom stereocenters. The molecule has 6 nitrogen and oxygen atoms in total. The van der Waals surface area contributed by atoms with Crippen molar-refractivity contribution in [2.45, 2.75) is 37.9 Å². The lowest BCUT2D eigenvalue weighted by Crippen LogP contribution is -2.28. The fourth-order valence-electron chi connectivity index (χ4n) is 3.00. The van der Waals surface area contributed by atoms with Crippen LogP contribution in [0.5, 0.6) is 0 Å². The fourth-order valence-corrected chi connectivity index (χ4v) is 3.79. The largest absolute Gasteiger partial charge is 0.464 e. The normalized spacial score (nSPS) is 14.1. The average molecular weight is 371 g/mol. The van der Waals surface area contributed by atoms with Crippen LogP contribution < -0.4 is 0 Å². The number of furan rings is 1. The zero-order valence-corrected chi connectivity index (χ0v) is 15.9. The van der Waals surface area contributed by atoms with Crippen LogP contribution in [-0.2, 0) is 22.5 Å². The molecule has 2 aromatic heterocycles. The summed E-state index contributed by atoms with van der Waals surface area (Å²) in [5.74, 6) is 0.464. The summed E-state index contributed by atoms with van der Waals surface area (Å²) in [5, 5.41) is 10.4. The molecular formula is C19H21N3O3S. The molecule has 0 aromatic carbocycles. The predicted octanol–water partition coefficient (Wildman–Crippen LogP) is 3.24. The van der Waals surface area contributed by atoms with Crippen LogP contribution in [0.4, 0.5) is 0 Å². The van der Waals surface area contributed by atoms with Crippen LogP contribution in [0.1, 0.15) is 30.7 Å². The number of carbonyl (C=O) groups is 1. The van der Waals surface area contributed by atoms with E-state index in [4.69, 9.17) is 14.1 Å². The molecule has 0 saturated carbocycles. The highest BCUT2D eigenvalue weighted by molar-refractivity contribution is 7.99. The summed E-state index contributed by atoms with van der Waals surface area (Å²) in [4.78, 5) is 18.8. The van der Waals surface area contributed by atoms with Crippen molar-refractivity contribution in [1.29, 1.82) is 5.26 Å². The minimum absolute atomic E-state index is 0.121. The third-order valence-corrected chi connectivity index (χ3v) is 5.03. The highest BCUT2D eigenvalue weighted by Gasteiger charge is 2.26. The first-order chi connectivity index (χ1) is 12.5. The quantitative estimate of drug-likeness (QED) is 0.589. The number of thioether (sulfide) groups is 1. The van der Waals surface area contributed by atoms with E-state index in [0.29, 0.717) is 22.9 Å². The van der Waals surface area contributed by atoms with Crippen LogP contribution in [0.3, 0.4) is 0 Å². The van der Waals surface area contributed by atoms with Gasteiger partial charge in [0.1, 0.15) is 16.9 Å². The summed E-state index contributed by atoms with van der Waals surface area (Å²) >= 11 is 1.24. The van der Waals surface area contributed by atoms with E-state index >= 15 is 0 Å². The van der Waals surface area contributed by atoms with Crippen molar-refractivity contribution >= 4 is 17.7 Å². The minimum atomic E-state index is -0.312. The summed E-state index contributed by atoms with van der Waals surface area (Å²) in [6.07, 6.45) is 2.24. The van der Waals surface area contributed by atoms with Crippen LogP contribution in [0.15, 0.2) is 27.8 Å². The lowest BCUT2D eigenvalue weighted by atomic mass is 9.95. The van der Waals surface area contributed by atoms with Crippen molar-refractivity contribution in [3.63, 3.8) is 0 Å². The summed E-state index contributed by atoms with van der Waals surface area (Å²) < 4.78 is 10.8. The standard InChI is InChI=1S/C19H21N3O3S/c1-12(2)25-17(23)11-26-19-13(9-20)18(16-5-4-8-24-16)14-10-22(3)7-6-15(14)21-19/h4-5,8,12H,6-7,10-11H2,1-3H3. The van der Waals surface area contributed by atoms with Crippen LogP contribution in [0.25, 0.3) is 11.3 Å². The Balaban J connectivity index is 2.02. The van der Waals surface area contributed by atoms with Crippen molar-refractivity contribution in [1.82, 2.24) is 9.88 Å². The van der Waals surface area contributed by atoms with Gasteiger partial charge in [0.2, 0.25) is 0 Å². The number of aromatic nitrogens is 1. The van der Waals surface area contributed by atoms with Crippen LogP contribution in [0.2, 0.25) is 0 Å². The zero-order chi connectivity index (χ0) is 18.7. The van der Waals surface area contributed by atoms with Gasteiger partial charge >= 0.3 is 5.97 Å². The number of rotatable bonds is 5. The Morgan fingerprint density at radius 3 is 3.00 bits per heavy atom. The average Bonchev–Trinajstić information content (AvgIpc) is 3.12. The maximum atomic E-state index is 11.9. The van der Waals surface area contributed by atoms with E-state index in [-0.39, 0.29) is 17.8 Å². The molecule has 0 radical (unpaired) electrons. The number of fused-ring (bicyclic) bond motifs is 1. The van der Waals surface area contributed by atoms with Crippen molar-refractivity contribution in [2.75, 3.05) is 19.3 Å². The maximum Gasteiger partial charge on any atom is 0.316 e. The number of hydrogen-bond acceptors (Lipinski definition) is 7. The molecule has 1 aliphatic rings. The van der Waals surface area contributed by atoms with Crippen LogP contribution in [0, 0.1) is 11.3 Å². The molecule has 0 fully saturated rings. The molecule has 0 atom stereocenters. The van der Waals surface area contributed by atoms with E-state index in [9.17, 15) is 10.1 Å². The first kappa shape index (κ1) is 18.5. The molecule has 3 heterocycles. The van der Waals surface area contributed by atoms with Gasteiger partial charge in [-0.1, -0.05) is 11.8 Å². The zero-order valence-electron chi connectivity index (χ0n) is 15.1. The SMILES string of the molecule is CC(C)OC(=O)CSc1nc2c(c(-c3ccco3)c1C#N)CN(C)CC2. The first-order valence-corrected chi connectivity index (χ1v) is 9.48. The number of hydrogen-bond donors (Lipinski definition) is 0. The van der Waals surface area contributed by atoms with Gasteiger partial charge in [0, 0.05) is 36.3 Å². The van der Waals surface area contributed by atoms with E-state index < -0.39 is 0 Å². The van der Waals surface area contributed by atoms with Crippen molar-refractivity contribution in [2.24, 2.45) is 0 Å². The number of esters is 1. The van der Waals surface area contributed by atoms with Gasteiger partial charge < -0.3 is 14.1 Å². The predicted molar refractivity (Wildman–Crippen MR) is 98.6 cm³/mol. The number of nitriles is 1. The summed E-state index contributed by atoms with van der Waals surface area (Å²) in [5.41, 5.74) is 3.23. The van der Waals surface area contributed by atoms with Crippen molar-refractivity contribution in [3.8, 4) is 17.4 Å². The van der Waals surface area contributed by atoms with E-state index in [0.717, 1.165) is 29.8 Å². The first-order valence-electron chi connectivity index (χ1n) is 8.50. The highest BCUT2D eigenvalue weighted by atomic mass is 32.2. The number of pyridine rings is 1. The Labute approximate surface area is 157 Å². The second-order valence-corrected chi connectivity index (χ2v) is 7.46. The van der Waals surface area contributed by atoms with Gasteiger partial charge in [-0.2, -0.15) is 5.26 Å². The van der Waals surface area contributed by atoms with Crippen molar-refractivity contribution in [3.05, 3.63) is 35.2 Å². The van der Waals surface area contributed by atoms with Gasteiger partial charge in [0.15, 0.2) is 0 Å². The Morgan fingerprint density at radius 1 is 1.54 bits per heavy atom. The maximum absolute atomic E-state index is 11.9. The number of ether oxygens (including phenoxy) is 1. The fraction of sp³-hybridized carbons (Fsp3) is 0.421. The molecular weight excluding hydrogens is 350 g/mol. The number of nitrogens with zero attached hydrogens (tertiary/aromatic N) is 3. The van der Waals surface area contributed by atoms with E-state index in [2.05, 4.69) is 11.0 Å². The molecule has 0 aliphatic carbocycles. The lowest BCUT2D eigenvalue weighted by Gasteiger charge is -2.27. The second kappa shape index (κ2) is 7.94. The lowest BCUT2D eigenvalue weighted by molar-refractivity contribution is -0.144. The van der Waals surface area contributed by atoms with E-state index in [1.807, 2.05) is 33.0 Å². The molecule has 0 N–H and O–H groups in total. The smallest absolute Gasteiger partial charge is 0.316 e. The van der Waals surface area contributed by atoms with E-state index in [1.54, 1.807) is 6.26 Å². The molecule has 3 rings (SSSR count). The second-order valence-electron chi connectivity index (χ2n) is 6.50. The van der Waals surface area contributed by atoms with Gasteiger partial charge in [0.25, 0.3) is 0 Å².